The van der Waals surface area contributed by atoms with E-state index < -0.39 is 5.41 Å². The van der Waals surface area contributed by atoms with Gasteiger partial charge in [0.2, 0.25) is 5.91 Å². The van der Waals surface area contributed by atoms with Gasteiger partial charge in [-0.15, -0.1) is 11.3 Å². The minimum atomic E-state index is -0.521. The van der Waals surface area contributed by atoms with Crippen LogP contribution in [0, 0.1) is 6.92 Å². The van der Waals surface area contributed by atoms with Crippen molar-refractivity contribution in [1.29, 1.82) is 0 Å². The summed E-state index contributed by atoms with van der Waals surface area (Å²) in [5.41, 5.74) is 5.93. The van der Waals surface area contributed by atoms with Gasteiger partial charge < -0.3 is 5.32 Å². The Labute approximate surface area is 133 Å². The molecule has 1 saturated carbocycles. The number of halogens is 1. The molecule has 1 heterocycles. The van der Waals surface area contributed by atoms with Crippen molar-refractivity contribution in [1.82, 2.24) is 16.2 Å². The van der Waals surface area contributed by atoms with E-state index in [9.17, 15) is 4.79 Å². The standard InChI is InChI=1S/C13H18ClN3OS2/c1-8-7-20-10(9(8)14)13(5-3-4-6-13)11(18)16-17-12(19)15-2/h7H,3-6H2,1-2H3,(H,16,18)(H2,15,17,19). The van der Waals surface area contributed by atoms with Gasteiger partial charge in [-0.2, -0.15) is 0 Å². The van der Waals surface area contributed by atoms with Crippen LogP contribution in [-0.4, -0.2) is 18.1 Å². The van der Waals surface area contributed by atoms with Crippen LogP contribution < -0.4 is 16.2 Å². The highest BCUT2D eigenvalue weighted by atomic mass is 35.5. The highest BCUT2D eigenvalue weighted by Crippen LogP contribution is 2.47. The summed E-state index contributed by atoms with van der Waals surface area (Å²) in [6.07, 6.45) is 3.73. The van der Waals surface area contributed by atoms with Crippen LogP contribution >= 0.6 is 35.2 Å². The van der Waals surface area contributed by atoms with Crippen LogP contribution in [0.4, 0.5) is 0 Å². The lowest BCUT2D eigenvalue weighted by molar-refractivity contribution is -0.127. The van der Waals surface area contributed by atoms with Gasteiger partial charge in [0, 0.05) is 11.9 Å². The van der Waals surface area contributed by atoms with Crippen molar-refractivity contribution in [3.63, 3.8) is 0 Å². The summed E-state index contributed by atoms with van der Waals surface area (Å²) in [5.74, 6) is -0.0589. The molecule has 1 amide bonds. The number of carbonyl (C=O) groups excluding carboxylic acids is 1. The number of rotatable bonds is 2. The smallest absolute Gasteiger partial charge is 0.249 e. The van der Waals surface area contributed by atoms with Gasteiger partial charge >= 0.3 is 0 Å². The van der Waals surface area contributed by atoms with Crippen LogP contribution in [0.1, 0.15) is 36.1 Å². The molecule has 110 valence electrons. The maximum Gasteiger partial charge on any atom is 0.249 e. The largest absolute Gasteiger partial charge is 0.364 e. The summed E-state index contributed by atoms with van der Waals surface area (Å²) in [6, 6.07) is 0. The lowest BCUT2D eigenvalue weighted by atomic mass is 9.83. The molecule has 3 N–H and O–H groups in total. The van der Waals surface area contributed by atoms with Crippen molar-refractivity contribution in [3.05, 3.63) is 20.8 Å². The summed E-state index contributed by atoms with van der Waals surface area (Å²) in [4.78, 5) is 13.6. The zero-order valence-electron chi connectivity index (χ0n) is 11.5. The average Bonchev–Trinajstić information content (AvgIpc) is 3.05. The third-order valence-electron chi connectivity index (χ3n) is 3.74. The summed E-state index contributed by atoms with van der Waals surface area (Å²) in [5, 5.41) is 5.89. The third-order valence-corrected chi connectivity index (χ3v) is 5.95. The van der Waals surface area contributed by atoms with Gasteiger partial charge in [-0.25, -0.2) is 0 Å². The summed E-state index contributed by atoms with van der Waals surface area (Å²) in [6.45, 7) is 1.97. The number of hydrogen-bond acceptors (Lipinski definition) is 3. The highest BCUT2D eigenvalue weighted by Gasteiger charge is 2.45. The topological polar surface area (TPSA) is 53.2 Å². The summed E-state index contributed by atoms with van der Waals surface area (Å²) in [7, 11) is 1.70. The van der Waals surface area contributed by atoms with Crippen molar-refractivity contribution in [2.24, 2.45) is 0 Å². The van der Waals surface area contributed by atoms with Crippen molar-refractivity contribution in [3.8, 4) is 0 Å². The van der Waals surface area contributed by atoms with Crippen molar-refractivity contribution >= 4 is 46.2 Å². The van der Waals surface area contributed by atoms with E-state index in [1.54, 1.807) is 18.4 Å². The fourth-order valence-electron chi connectivity index (χ4n) is 2.58. The Morgan fingerprint density at radius 1 is 1.40 bits per heavy atom. The van der Waals surface area contributed by atoms with Crippen LogP contribution in [0.3, 0.4) is 0 Å². The molecular formula is C13H18ClN3OS2. The number of carbonyl (C=O) groups is 1. The predicted octanol–water partition coefficient (Wildman–Crippen LogP) is 2.65. The molecule has 0 spiro atoms. The molecule has 7 heteroatoms. The normalized spacial score (nSPS) is 16.8. The van der Waals surface area contributed by atoms with E-state index in [1.165, 1.54) is 0 Å². The molecule has 1 aliphatic carbocycles. The molecule has 0 radical (unpaired) electrons. The molecule has 1 aliphatic rings. The minimum Gasteiger partial charge on any atom is -0.364 e. The Morgan fingerprint density at radius 3 is 2.55 bits per heavy atom. The van der Waals surface area contributed by atoms with E-state index in [0.717, 1.165) is 41.1 Å². The minimum absolute atomic E-state index is 0.0589. The molecule has 0 atom stereocenters. The number of hydrogen-bond donors (Lipinski definition) is 3. The highest BCUT2D eigenvalue weighted by molar-refractivity contribution is 7.80. The Bertz CT molecular complexity index is 524. The molecule has 1 aromatic rings. The first kappa shape index (κ1) is 15.5. The van der Waals surface area contributed by atoms with Gasteiger partial charge in [-0.3, -0.25) is 15.6 Å². The molecule has 0 aliphatic heterocycles. The molecule has 1 aromatic heterocycles. The first-order chi connectivity index (χ1) is 9.51. The van der Waals surface area contributed by atoms with Gasteiger partial charge in [0.25, 0.3) is 0 Å². The van der Waals surface area contributed by atoms with Crippen molar-refractivity contribution < 1.29 is 4.79 Å². The SMILES string of the molecule is CNC(=S)NNC(=O)C1(c2scc(C)c2Cl)CCCC1. The number of aryl methyl sites for hydroxylation is 1. The van der Waals surface area contributed by atoms with Crippen LogP contribution in [0.25, 0.3) is 0 Å². The van der Waals surface area contributed by atoms with Gasteiger partial charge in [0.15, 0.2) is 5.11 Å². The van der Waals surface area contributed by atoms with E-state index in [2.05, 4.69) is 16.2 Å². The molecule has 20 heavy (non-hydrogen) atoms. The number of amides is 1. The number of nitrogens with one attached hydrogen (secondary N) is 3. The second-order valence-corrected chi connectivity index (χ2v) is 6.68. The predicted molar refractivity (Wildman–Crippen MR) is 87.1 cm³/mol. The van der Waals surface area contributed by atoms with Crippen LogP contribution in [0.2, 0.25) is 5.02 Å². The first-order valence-electron chi connectivity index (χ1n) is 6.53. The number of hydrazine groups is 1. The molecule has 1 fully saturated rings. The monoisotopic (exact) mass is 331 g/mol. The second-order valence-electron chi connectivity index (χ2n) is 5.01. The Hall–Kier alpha value is -0.850. The van der Waals surface area contributed by atoms with E-state index in [0.29, 0.717) is 5.11 Å². The molecule has 2 rings (SSSR count). The van der Waals surface area contributed by atoms with Crippen LogP contribution in [0.5, 0.6) is 0 Å². The zero-order chi connectivity index (χ0) is 14.8. The van der Waals surface area contributed by atoms with Crippen molar-refractivity contribution in [2.45, 2.75) is 38.0 Å². The average molecular weight is 332 g/mol. The first-order valence-corrected chi connectivity index (χ1v) is 8.20. The van der Waals surface area contributed by atoms with Gasteiger partial charge in [0.05, 0.1) is 10.4 Å². The Balaban J connectivity index is 2.24. The second kappa shape index (κ2) is 6.28. The van der Waals surface area contributed by atoms with E-state index in [1.807, 2.05) is 12.3 Å². The molecule has 4 nitrogen and oxygen atoms in total. The molecule has 0 saturated heterocycles. The van der Waals surface area contributed by atoms with E-state index in [-0.39, 0.29) is 5.91 Å². The lowest BCUT2D eigenvalue weighted by Gasteiger charge is -2.27. The van der Waals surface area contributed by atoms with Crippen molar-refractivity contribution in [2.75, 3.05) is 7.05 Å². The van der Waals surface area contributed by atoms with E-state index in [4.69, 9.17) is 23.8 Å². The summed E-state index contributed by atoms with van der Waals surface area (Å²) < 4.78 is 0. The number of thiocarbonyl (C=S) groups is 1. The Morgan fingerprint density at radius 2 is 2.05 bits per heavy atom. The van der Waals surface area contributed by atoms with Crippen LogP contribution in [-0.2, 0) is 10.2 Å². The van der Waals surface area contributed by atoms with Gasteiger partial charge in [0.1, 0.15) is 0 Å². The Kier molecular flexibility index (Phi) is 4.88. The zero-order valence-corrected chi connectivity index (χ0v) is 13.9. The van der Waals surface area contributed by atoms with Gasteiger partial charge in [-0.05, 0) is 42.9 Å². The maximum atomic E-state index is 12.6. The molecule has 0 unspecified atom stereocenters. The molecule has 0 aromatic carbocycles. The van der Waals surface area contributed by atoms with Gasteiger partial charge in [-0.1, -0.05) is 24.4 Å². The maximum absolute atomic E-state index is 12.6. The van der Waals surface area contributed by atoms with Crippen LogP contribution in [0.15, 0.2) is 5.38 Å². The van der Waals surface area contributed by atoms with E-state index >= 15 is 0 Å². The fraction of sp³-hybridized carbons (Fsp3) is 0.538. The number of thiophene rings is 1. The lowest BCUT2D eigenvalue weighted by Crippen LogP contribution is -2.52. The fourth-order valence-corrected chi connectivity index (χ4v) is 4.27. The third kappa shape index (κ3) is 2.77. The molecular weight excluding hydrogens is 314 g/mol. The quantitative estimate of drug-likeness (QED) is 0.576. The molecule has 0 bridgehead atoms. The summed E-state index contributed by atoms with van der Waals surface area (Å²) >= 11 is 12.9.